The van der Waals surface area contributed by atoms with E-state index in [1.54, 1.807) is 12.1 Å². The minimum Gasteiger partial charge on any atom is -0.494 e. The summed E-state index contributed by atoms with van der Waals surface area (Å²) in [6.07, 6.45) is 2.03. The van der Waals surface area contributed by atoms with Crippen molar-refractivity contribution in [2.24, 2.45) is 5.92 Å². The molecule has 23 heavy (non-hydrogen) atoms. The van der Waals surface area contributed by atoms with Crippen molar-refractivity contribution in [1.29, 1.82) is 0 Å². The highest BCUT2D eigenvalue weighted by Crippen LogP contribution is 2.22. The molecule has 1 aliphatic rings. The van der Waals surface area contributed by atoms with E-state index >= 15 is 0 Å². The number of halogens is 1. The van der Waals surface area contributed by atoms with Crippen LogP contribution >= 0.6 is 0 Å². The first-order chi connectivity index (χ1) is 11.0. The fourth-order valence-electron chi connectivity index (χ4n) is 2.98. The predicted molar refractivity (Wildman–Crippen MR) is 90.2 cm³/mol. The van der Waals surface area contributed by atoms with Crippen LogP contribution in [0.25, 0.3) is 0 Å². The van der Waals surface area contributed by atoms with Gasteiger partial charge in [0.25, 0.3) is 0 Å². The van der Waals surface area contributed by atoms with Gasteiger partial charge in [0.05, 0.1) is 13.2 Å². The van der Waals surface area contributed by atoms with Crippen LogP contribution in [0.15, 0.2) is 18.2 Å². The number of aliphatic hydroxyl groups is 1. The maximum Gasteiger partial charge on any atom is 0.165 e. The van der Waals surface area contributed by atoms with Gasteiger partial charge in [0.2, 0.25) is 0 Å². The SMILES string of the molecule is COc1cc(C(C)NCC(O)CN2CCC(C)CC2)ccc1F. The zero-order valence-electron chi connectivity index (χ0n) is 14.4. The van der Waals surface area contributed by atoms with Crippen LogP contribution in [0, 0.1) is 11.7 Å². The number of aliphatic hydroxyl groups excluding tert-OH is 1. The molecule has 4 nitrogen and oxygen atoms in total. The highest BCUT2D eigenvalue weighted by atomic mass is 19.1. The van der Waals surface area contributed by atoms with Crippen LogP contribution in [-0.2, 0) is 0 Å². The van der Waals surface area contributed by atoms with Gasteiger partial charge in [-0.1, -0.05) is 13.0 Å². The van der Waals surface area contributed by atoms with Crippen molar-refractivity contribution < 1.29 is 14.2 Å². The van der Waals surface area contributed by atoms with Crippen LogP contribution in [0.2, 0.25) is 0 Å². The molecule has 0 amide bonds. The lowest BCUT2D eigenvalue weighted by atomic mass is 9.99. The van der Waals surface area contributed by atoms with Crippen molar-refractivity contribution in [3.05, 3.63) is 29.6 Å². The molecule has 130 valence electrons. The normalized spacial score (nSPS) is 19.5. The summed E-state index contributed by atoms with van der Waals surface area (Å²) in [5, 5.41) is 13.5. The van der Waals surface area contributed by atoms with Crippen LogP contribution in [0.3, 0.4) is 0 Å². The third-order valence-electron chi connectivity index (χ3n) is 4.68. The van der Waals surface area contributed by atoms with Gasteiger partial charge < -0.3 is 20.1 Å². The third-order valence-corrected chi connectivity index (χ3v) is 4.68. The van der Waals surface area contributed by atoms with Crippen molar-refractivity contribution in [2.45, 2.75) is 38.8 Å². The summed E-state index contributed by atoms with van der Waals surface area (Å²) in [7, 11) is 1.46. The Balaban J connectivity index is 1.78. The number of piperidine rings is 1. The highest BCUT2D eigenvalue weighted by molar-refractivity contribution is 5.31. The number of benzene rings is 1. The highest BCUT2D eigenvalue weighted by Gasteiger charge is 2.19. The molecule has 2 N–H and O–H groups in total. The molecule has 0 aromatic heterocycles. The number of likely N-dealkylation sites (tertiary alicyclic amines) is 1. The minimum atomic E-state index is -0.395. The van der Waals surface area contributed by atoms with Crippen LogP contribution in [-0.4, -0.2) is 49.4 Å². The van der Waals surface area contributed by atoms with E-state index in [4.69, 9.17) is 4.74 Å². The first-order valence-electron chi connectivity index (χ1n) is 8.46. The molecule has 2 rings (SSSR count). The minimum absolute atomic E-state index is 0.0283. The molecule has 0 bridgehead atoms. The molecule has 5 heteroatoms. The van der Waals surface area contributed by atoms with E-state index in [2.05, 4.69) is 17.1 Å². The second kappa shape index (κ2) is 8.62. The smallest absolute Gasteiger partial charge is 0.165 e. The fourth-order valence-corrected chi connectivity index (χ4v) is 2.98. The molecular formula is C18H29FN2O2. The van der Waals surface area contributed by atoms with Gasteiger partial charge in [0.15, 0.2) is 11.6 Å². The zero-order chi connectivity index (χ0) is 16.8. The molecule has 1 fully saturated rings. The third kappa shape index (κ3) is 5.44. The molecule has 1 aromatic rings. The molecule has 2 atom stereocenters. The van der Waals surface area contributed by atoms with Crippen molar-refractivity contribution in [3.63, 3.8) is 0 Å². The monoisotopic (exact) mass is 324 g/mol. The lowest BCUT2D eigenvalue weighted by Gasteiger charge is -2.32. The Hall–Kier alpha value is -1.17. The summed E-state index contributed by atoms with van der Waals surface area (Å²) in [6, 6.07) is 4.89. The number of ether oxygens (including phenoxy) is 1. The standard InChI is InChI=1S/C18H29FN2O2/c1-13-6-8-21(9-7-13)12-16(22)11-20-14(2)15-4-5-17(19)18(10-15)23-3/h4-5,10,13-14,16,20,22H,6-9,11-12H2,1-3H3. The molecule has 0 saturated carbocycles. The summed E-state index contributed by atoms with van der Waals surface area (Å²) >= 11 is 0. The molecule has 1 aliphatic heterocycles. The maximum atomic E-state index is 13.4. The Morgan fingerprint density at radius 1 is 1.39 bits per heavy atom. The van der Waals surface area contributed by atoms with Crippen LogP contribution in [0.5, 0.6) is 5.75 Å². The average Bonchev–Trinajstić information content (AvgIpc) is 2.55. The van der Waals surface area contributed by atoms with Gasteiger partial charge in [-0.2, -0.15) is 0 Å². The van der Waals surface area contributed by atoms with E-state index < -0.39 is 6.10 Å². The van der Waals surface area contributed by atoms with Crippen molar-refractivity contribution >= 4 is 0 Å². The van der Waals surface area contributed by atoms with Gasteiger partial charge in [0.1, 0.15) is 0 Å². The Labute approximate surface area is 138 Å². The van der Waals surface area contributed by atoms with Gasteiger partial charge in [-0.05, 0) is 56.5 Å². The van der Waals surface area contributed by atoms with Gasteiger partial charge in [-0.25, -0.2) is 4.39 Å². The first-order valence-corrected chi connectivity index (χ1v) is 8.46. The summed E-state index contributed by atoms with van der Waals surface area (Å²) in [5.41, 5.74) is 0.947. The molecule has 1 aromatic carbocycles. The van der Waals surface area contributed by atoms with E-state index in [0.29, 0.717) is 13.1 Å². The van der Waals surface area contributed by atoms with E-state index in [1.165, 1.54) is 26.0 Å². The molecule has 1 heterocycles. The number of hydrogen-bond donors (Lipinski definition) is 2. The van der Waals surface area contributed by atoms with Gasteiger partial charge in [-0.3, -0.25) is 0 Å². The van der Waals surface area contributed by atoms with Crippen molar-refractivity contribution in [1.82, 2.24) is 10.2 Å². The van der Waals surface area contributed by atoms with E-state index in [0.717, 1.165) is 24.6 Å². The predicted octanol–water partition coefficient (Wildman–Crippen LogP) is 2.58. The number of nitrogens with one attached hydrogen (secondary N) is 1. The van der Waals surface area contributed by atoms with Crippen LogP contribution in [0.4, 0.5) is 4.39 Å². The summed E-state index contributed by atoms with van der Waals surface area (Å²) in [4.78, 5) is 2.33. The van der Waals surface area contributed by atoms with Crippen LogP contribution < -0.4 is 10.1 Å². The Kier molecular flexibility index (Phi) is 6.81. The fraction of sp³-hybridized carbons (Fsp3) is 0.667. The Bertz CT molecular complexity index is 490. The van der Waals surface area contributed by atoms with E-state index in [1.807, 2.05) is 6.92 Å². The number of β-amino-alcohol motifs (C(OH)–C–C–N with tert-alkyl or cyclic N) is 1. The summed E-state index contributed by atoms with van der Waals surface area (Å²) < 4.78 is 18.5. The average molecular weight is 324 g/mol. The molecular weight excluding hydrogens is 295 g/mol. The number of nitrogens with zero attached hydrogens (tertiary/aromatic N) is 1. The largest absolute Gasteiger partial charge is 0.494 e. The van der Waals surface area contributed by atoms with Crippen LogP contribution in [0.1, 0.15) is 38.3 Å². The number of rotatable bonds is 7. The quantitative estimate of drug-likeness (QED) is 0.809. The lowest BCUT2D eigenvalue weighted by molar-refractivity contribution is 0.0892. The lowest BCUT2D eigenvalue weighted by Crippen LogP contribution is -2.42. The van der Waals surface area contributed by atoms with E-state index in [-0.39, 0.29) is 17.6 Å². The van der Waals surface area contributed by atoms with Gasteiger partial charge in [0, 0.05) is 19.1 Å². The Morgan fingerprint density at radius 3 is 2.74 bits per heavy atom. The van der Waals surface area contributed by atoms with Crippen molar-refractivity contribution in [2.75, 3.05) is 33.3 Å². The molecule has 0 radical (unpaired) electrons. The molecule has 1 saturated heterocycles. The molecule has 0 spiro atoms. The Morgan fingerprint density at radius 2 is 2.09 bits per heavy atom. The maximum absolute atomic E-state index is 13.4. The summed E-state index contributed by atoms with van der Waals surface area (Å²) in [6.45, 7) is 7.66. The molecule has 2 unspecified atom stereocenters. The van der Waals surface area contributed by atoms with Crippen molar-refractivity contribution in [3.8, 4) is 5.75 Å². The second-order valence-electron chi connectivity index (χ2n) is 6.66. The summed E-state index contributed by atoms with van der Waals surface area (Å²) in [5.74, 6) is 0.692. The van der Waals surface area contributed by atoms with Gasteiger partial charge >= 0.3 is 0 Å². The first kappa shape index (κ1) is 18.2. The van der Waals surface area contributed by atoms with Gasteiger partial charge in [-0.15, -0.1) is 0 Å². The topological polar surface area (TPSA) is 44.7 Å². The molecule has 0 aliphatic carbocycles. The zero-order valence-corrected chi connectivity index (χ0v) is 14.4. The number of methoxy groups -OCH3 is 1. The second-order valence-corrected chi connectivity index (χ2v) is 6.66. The number of hydrogen-bond acceptors (Lipinski definition) is 4. The van der Waals surface area contributed by atoms with E-state index in [9.17, 15) is 9.50 Å².